The van der Waals surface area contributed by atoms with Crippen molar-refractivity contribution in [3.8, 4) is 11.5 Å². The first-order chi connectivity index (χ1) is 18.0. The highest BCUT2D eigenvalue weighted by Crippen LogP contribution is 2.43. The number of rotatable bonds is 7. The number of fused-ring (bicyclic) bond motifs is 1. The third-order valence-electron chi connectivity index (χ3n) is 6.46. The monoisotopic (exact) mass is 493 g/mol. The van der Waals surface area contributed by atoms with Gasteiger partial charge in [0.05, 0.1) is 25.3 Å². The number of amides is 1. The molecule has 5 rings (SSSR count). The quantitative estimate of drug-likeness (QED) is 0.187. The summed E-state index contributed by atoms with van der Waals surface area (Å²) in [6.07, 6.45) is 0.844. The fourth-order valence-corrected chi connectivity index (χ4v) is 4.64. The van der Waals surface area contributed by atoms with Crippen molar-refractivity contribution in [3.05, 3.63) is 108 Å². The molecule has 1 amide bonds. The Morgan fingerprint density at radius 1 is 0.865 bits per heavy atom. The van der Waals surface area contributed by atoms with Crippen LogP contribution in [0.15, 0.2) is 96.6 Å². The zero-order valence-corrected chi connectivity index (χ0v) is 20.7. The molecule has 186 valence electrons. The molecule has 0 aliphatic carbocycles. The van der Waals surface area contributed by atoms with E-state index in [1.54, 1.807) is 37.4 Å². The maximum Gasteiger partial charge on any atom is 0.300 e. The summed E-state index contributed by atoms with van der Waals surface area (Å²) < 4.78 is 11.1. The fourth-order valence-electron chi connectivity index (χ4n) is 4.64. The van der Waals surface area contributed by atoms with Crippen LogP contribution in [-0.4, -0.2) is 30.5 Å². The molecular weight excluding hydrogens is 466 g/mol. The lowest BCUT2D eigenvalue weighted by Crippen LogP contribution is -2.29. The Balaban J connectivity index is 1.69. The van der Waals surface area contributed by atoms with Crippen molar-refractivity contribution in [1.29, 1.82) is 0 Å². The van der Waals surface area contributed by atoms with Crippen molar-refractivity contribution in [2.45, 2.75) is 19.4 Å². The van der Waals surface area contributed by atoms with Gasteiger partial charge in [-0.1, -0.05) is 55.5 Å². The van der Waals surface area contributed by atoms with Gasteiger partial charge in [-0.25, -0.2) is 0 Å². The number of benzene rings is 4. The highest BCUT2D eigenvalue weighted by Gasteiger charge is 2.47. The van der Waals surface area contributed by atoms with Gasteiger partial charge in [0.25, 0.3) is 11.7 Å². The van der Waals surface area contributed by atoms with Crippen molar-refractivity contribution in [3.63, 3.8) is 0 Å². The minimum absolute atomic E-state index is 0.0312. The van der Waals surface area contributed by atoms with Crippen molar-refractivity contribution in [1.82, 2.24) is 0 Å². The number of anilines is 1. The number of nitrogens with zero attached hydrogens (tertiary/aromatic N) is 1. The molecule has 4 aromatic rings. The van der Waals surface area contributed by atoms with Crippen molar-refractivity contribution in [2.24, 2.45) is 0 Å². The molecule has 37 heavy (non-hydrogen) atoms. The van der Waals surface area contributed by atoms with E-state index >= 15 is 0 Å². The van der Waals surface area contributed by atoms with Gasteiger partial charge in [-0.3, -0.25) is 14.5 Å². The predicted octanol–water partition coefficient (Wildman–Crippen LogP) is 6.26. The summed E-state index contributed by atoms with van der Waals surface area (Å²) in [6, 6.07) is 26.6. The molecule has 0 saturated carbocycles. The van der Waals surface area contributed by atoms with Gasteiger partial charge < -0.3 is 14.6 Å². The van der Waals surface area contributed by atoms with E-state index in [0.717, 1.165) is 17.2 Å². The third kappa shape index (κ3) is 4.54. The highest BCUT2D eigenvalue weighted by atomic mass is 16.5. The molecule has 6 heteroatoms. The van der Waals surface area contributed by atoms with Crippen LogP contribution in [0.25, 0.3) is 16.5 Å². The van der Waals surface area contributed by atoms with Gasteiger partial charge >= 0.3 is 0 Å². The van der Waals surface area contributed by atoms with Crippen molar-refractivity contribution in [2.75, 3.05) is 18.6 Å². The Labute approximate surface area is 215 Å². The molecule has 4 aromatic carbocycles. The number of hydrogen-bond acceptors (Lipinski definition) is 5. The lowest BCUT2D eigenvalue weighted by molar-refractivity contribution is -0.132. The summed E-state index contributed by atoms with van der Waals surface area (Å²) in [6.45, 7) is 2.56. The first-order valence-electron chi connectivity index (χ1n) is 12.2. The van der Waals surface area contributed by atoms with E-state index in [9.17, 15) is 14.7 Å². The average molecular weight is 494 g/mol. The highest BCUT2D eigenvalue weighted by molar-refractivity contribution is 6.51. The summed E-state index contributed by atoms with van der Waals surface area (Å²) in [5.41, 5.74) is 1.68. The zero-order valence-electron chi connectivity index (χ0n) is 20.7. The van der Waals surface area contributed by atoms with Crippen LogP contribution in [-0.2, 0) is 9.59 Å². The lowest BCUT2D eigenvalue weighted by atomic mass is 9.94. The molecule has 1 atom stereocenters. The second-order valence-corrected chi connectivity index (χ2v) is 8.85. The Hall–Kier alpha value is -4.58. The Morgan fingerprint density at radius 2 is 1.62 bits per heavy atom. The molecule has 1 fully saturated rings. The van der Waals surface area contributed by atoms with Crippen LogP contribution in [0.5, 0.6) is 11.5 Å². The van der Waals surface area contributed by atoms with Gasteiger partial charge in [0.15, 0.2) is 0 Å². The van der Waals surface area contributed by atoms with Gasteiger partial charge in [-0.2, -0.15) is 0 Å². The standard InChI is InChI=1S/C31H27NO5/c1-3-17-37-26-10-6-9-22(19-26)28-27(29(33)23-12-11-20-7-4-5-8-21(20)18-23)30(34)31(35)32(28)24-13-15-25(36-2)16-14-24/h4-16,18-19,28,33H,3,17H2,1-2H3/b29-27-. The molecule has 1 unspecified atom stereocenters. The van der Waals surface area contributed by atoms with Crippen LogP contribution in [0, 0.1) is 0 Å². The van der Waals surface area contributed by atoms with Crippen LogP contribution in [0.2, 0.25) is 0 Å². The Bertz CT molecular complexity index is 1510. The second kappa shape index (κ2) is 10.2. The Morgan fingerprint density at radius 3 is 2.35 bits per heavy atom. The van der Waals surface area contributed by atoms with Gasteiger partial charge in [0.2, 0.25) is 0 Å². The van der Waals surface area contributed by atoms with Crippen molar-refractivity contribution >= 4 is 33.9 Å². The summed E-state index contributed by atoms with van der Waals surface area (Å²) in [5, 5.41) is 13.4. The summed E-state index contributed by atoms with van der Waals surface area (Å²) in [4.78, 5) is 28.3. The molecule has 1 saturated heterocycles. The SMILES string of the molecule is CCCOc1cccc(C2/C(=C(/O)c3ccc4ccccc4c3)C(=O)C(=O)N2c2ccc(OC)cc2)c1. The number of aliphatic hydroxyl groups excluding tert-OH is 1. The molecule has 1 heterocycles. The van der Waals surface area contributed by atoms with Crippen LogP contribution in [0.3, 0.4) is 0 Å². The molecule has 0 radical (unpaired) electrons. The van der Waals surface area contributed by atoms with E-state index < -0.39 is 17.7 Å². The Kier molecular flexibility index (Phi) is 6.64. The second-order valence-electron chi connectivity index (χ2n) is 8.85. The molecule has 1 N–H and O–H groups in total. The van der Waals surface area contributed by atoms with Gasteiger partial charge in [-0.05, 0) is 65.2 Å². The van der Waals surface area contributed by atoms with Crippen LogP contribution in [0.4, 0.5) is 5.69 Å². The number of methoxy groups -OCH3 is 1. The fraction of sp³-hybridized carbons (Fsp3) is 0.161. The summed E-state index contributed by atoms with van der Waals surface area (Å²) >= 11 is 0. The number of ketones is 1. The topological polar surface area (TPSA) is 76.1 Å². The molecular formula is C31H27NO5. The van der Waals surface area contributed by atoms with E-state index in [1.165, 1.54) is 4.90 Å². The van der Waals surface area contributed by atoms with Crippen LogP contribution < -0.4 is 14.4 Å². The van der Waals surface area contributed by atoms with Crippen LogP contribution in [0.1, 0.15) is 30.5 Å². The number of carbonyl (C=O) groups is 2. The van der Waals surface area contributed by atoms with Gasteiger partial charge in [0.1, 0.15) is 17.3 Å². The van der Waals surface area contributed by atoms with E-state index in [-0.39, 0.29) is 11.3 Å². The molecule has 6 nitrogen and oxygen atoms in total. The smallest absolute Gasteiger partial charge is 0.300 e. The molecule has 0 spiro atoms. The maximum atomic E-state index is 13.5. The minimum Gasteiger partial charge on any atom is -0.507 e. The molecule has 0 bridgehead atoms. The molecule has 1 aliphatic heterocycles. The van der Waals surface area contributed by atoms with E-state index in [2.05, 4.69) is 0 Å². The summed E-state index contributed by atoms with van der Waals surface area (Å²) in [7, 11) is 1.56. The molecule has 1 aliphatic rings. The minimum atomic E-state index is -0.843. The summed E-state index contributed by atoms with van der Waals surface area (Å²) in [5.74, 6) is -0.415. The van der Waals surface area contributed by atoms with Gasteiger partial charge in [-0.15, -0.1) is 0 Å². The number of hydrogen-bond donors (Lipinski definition) is 1. The number of aliphatic hydroxyl groups is 1. The maximum absolute atomic E-state index is 13.5. The number of Topliss-reactive ketones (excluding diaryl/α,β-unsaturated/α-hetero) is 1. The van der Waals surface area contributed by atoms with Gasteiger partial charge in [0, 0.05) is 11.3 Å². The first kappa shape index (κ1) is 24.1. The first-order valence-corrected chi connectivity index (χ1v) is 12.2. The van der Waals surface area contributed by atoms with Crippen LogP contribution >= 0.6 is 0 Å². The zero-order chi connectivity index (χ0) is 25.9. The number of ether oxygens (including phenoxy) is 2. The van der Waals surface area contributed by atoms with E-state index in [1.807, 2.05) is 67.6 Å². The third-order valence-corrected chi connectivity index (χ3v) is 6.46. The largest absolute Gasteiger partial charge is 0.507 e. The molecule has 0 aromatic heterocycles. The van der Waals surface area contributed by atoms with Crippen molar-refractivity contribution < 1.29 is 24.2 Å². The lowest BCUT2D eigenvalue weighted by Gasteiger charge is -2.26. The normalized spacial score (nSPS) is 16.8. The number of carbonyl (C=O) groups excluding carboxylic acids is 2. The van der Waals surface area contributed by atoms with E-state index in [0.29, 0.717) is 34.9 Å². The van der Waals surface area contributed by atoms with E-state index in [4.69, 9.17) is 9.47 Å². The average Bonchev–Trinajstić information content (AvgIpc) is 3.21. The predicted molar refractivity (Wildman–Crippen MR) is 144 cm³/mol.